The molecule has 0 bridgehead atoms. The predicted molar refractivity (Wildman–Crippen MR) is 85.2 cm³/mol. The highest BCUT2D eigenvalue weighted by Crippen LogP contribution is 2.33. The zero-order valence-electron chi connectivity index (χ0n) is 12.1. The molecule has 0 fully saturated rings. The number of rotatable bonds is 6. The lowest BCUT2D eigenvalue weighted by molar-refractivity contribution is 0.414. The van der Waals surface area contributed by atoms with Crippen molar-refractivity contribution in [1.82, 2.24) is 5.32 Å². The lowest BCUT2D eigenvalue weighted by atomic mass is 10.1. The lowest BCUT2D eigenvalue weighted by Gasteiger charge is -2.10. The summed E-state index contributed by atoms with van der Waals surface area (Å²) >= 11 is 3.55. The highest BCUT2D eigenvalue weighted by Gasteiger charge is 2.11. The van der Waals surface area contributed by atoms with E-state index in [1.54, 1.807) is 7.11 Å². The molecule has 1 N–H and O–H groups in total. The van der Waals surface area contributed by atoms with E-state index in [9.17, 15) is 0 Å². The van der Waals surface area contributed by atoms with Gasteiger partial charge in [0.1, 0.15) is 17.3 Å². The molecule has 2 rings (SSSR count). The zero-order chi connectivity index (χ0) is 14.5. The molecule has 0 radical (unpaired) electrons. The maximum atomic E-state index is 5.94. The van der Waals surface area contributed by atoms with E-state index < -0.39 is 0 Å². The number of methoxy groups -OCH3 is 1. The van der Waals surface area contributed by atoms with Gasteiger partial charge < -0.3 is 14.5 Å². The summed E-state index contributed by atoms with van der Waals surface area (Å²) in [5.74, 6) is 2.67. The maximum Gasteiger partial charge on any atom is 0.135 e. The third-order valence-electron chi connectivity index (χ3n) is 3.16. The molecular weight excluding hydrogens is 318 g/mol. The smallest absolute Gasteiger partial charge is 0.135 e. The number of benzene rings is 1. The lowest BCUT2D eigenvalue weighted by Crippen LogP contribution is -2.27. The number of ether oxygens (including phenoxy) is 1. The van der Waals surface area contributed by atoms with Crippen molar-refractivity contribution in [2.24, 2.45) is 0 Å². The molecule has 0 aliphatic carbocycles. The van der Waals surface area contributed by atoms with E-state index in [1.165, 1.54) is 0 Å². The van der Waals surface area contributed by atoms with Gasteiger partial charge in [-0.3, -0.25) is 0 Å². The largest absolute Gasteiger partial charge is 0.497 e. The van der Waals surface area contributed by atoms with Crippen LogP contribution in [0.1, 0.15) is 19.6 Å². The van der Waals surface area contributed by atoms with Crippen LogP contribution in [0.4, 0.5) is 0 Å². The van der Waals surface area contributed by atoms with Crippen molar-refractivity contribution in [2.75, 3.05) is 13.7 Å². The molecule has 0 aliphatic heterocycles. The van der Waals surface area contributed by atoms with Gasteiger partial charge in [-0.05, 0) is 43.8 Å². The second-order valence-corrected chi connectivity index (χ2v) is 5.63. The monoisotopic (exact) mass is 337 g/mol. The molecule has 1 atom stereocenters. The summed E-state index contributed by atoms with van der Waals surface area (Å²) in [6.07, 6.45) is 0.884. The first-order valence-corrected chi connectivity index (χ1v) is 7.59. The fraction of sp³-hybridized carbons (Fsp3) is 0.375. The van der Waals surface area contributed by atoms with E-state index in [-0.39, 0.29) is 0 Å². The second kappa shape index (κ2) is 6.95. The van der Waals surface area contributed by atoms with Crippen LogP contribution in [-0.4, -0.2) is 19.7 Å². The molecule has 0 saturated heterocycles. The number of nitrogens with one attached hydrogen (secondary N) is 1. The van der Waals surface area contributed by atoms with Gasteiger partial charge in [0.05, 0.1) is 7.11 Å². The van der Waals surface area contributed by atoms with Crippen molar-refractivity contribution in [3.8, 4) is 17.1 Å². The van der Waals surface area contributed by atoms with Gasteiger partial charge in [-0.2, -0.15) is 0 Å². The van der Waals surface area contributed by atoms with Crippen LogP contribution in [0.5, 0.6) is 5.75 Å². The minimum absolute atomic E-state index is 0.410. The zero-order valence-corrected chi connectivity index (χ0v) is 13.7. The third-order valence-corrected chi connectivity index (χ3v) is 3.85. The number of halogens is 1. The van der Waals surface area contributed by atoms with E-state index in [4.69, 9.17) is 9.15 Å². The first kappa shape index (κ1) is 15.1. The SMILES string of the molecule is CCNC(C)Cc1ccc(-c2cc(OC)ccc2Br)o1. The van der Waals surface area contributed by atoms with E-state index in [0.29, 0.717) is 6.04 Å². The topological polar surface area (TPSA) is 34.4 Å². The van der Waals surface area contributed by atoms with Crippen molar-refractivity contribution >= 4 is 15.9 Å². The van der Waals surface area contributed by atoms with Gasteiger partial charge >= 0.3 is 0 Å². The van der Waals surface area contributed by atoms with Gasteiger partial charge in [-0.15, -0.1) is 0 Å². The standard InChI is InChI=1S/C16H20BrNO2/c1-4-18-11(2)9-13-6-8-16(20-13)14-10-12(19-3)5-7-15(14)17/h5-8,10-11,18H,4,9H2,1-3H3. The van der Waals surface area contributed by atoms with Crippen LogP contribution in [0.25, 0.3) is 11.3 Å². The number of hydrogen-bond acceptors (Lipinski definition) is 3. The number of hydrogen-bond donors (Lipinski definition) is 1. The molecular formula is C16H20BrNO2. The summed E-state index contributed by atoms with van der Waals surface area (Å²) in [5.41, 5.74) is 1.01. The van der Waals surface area contributed by atoms with Crippen LogP contribution >= 0.6 is 15.9 Å². The van der Waals surface area contributed by atoms with Crippen LogP contribution in [-0.2, 0) is 6.42 Å². The summed E-state index contributed by atoms with van der Waals surface area (Å²) in [6.45, 7) is 5.24. The molecule has 1 heterocycles. The highest BCUT2D eigenvalue weighted by molar-refractivity contribution is 9.10. The van der Waals surface area contributed by atoms with E-state index in [2.05, 4.69) is 35.1 Å². The normalized spacial score (nSPS) is 12.4. The summed E-state index contributed by atoms with van der Waals surface area (Å²) < 4.78 is 12.2. The molecule has 0 amide bonds. The van der Waals surface area contributed by atoms with Crippen LogP contribution in [0.3, 0.4) is 0 Å². The quantitative estimate of drug-likeness (QED) is 0.855. The van der Waals surface area contributed by atoms with Crippen LogP contribution < -0.4 is 10.1 Å². The molecule has 2 aromatic rings. The van der Waals surface area contributed by atoms with Crippen molar-refractivity contribution in [2.45, 2.75) is 26.3 Å². The summed E-state index contributed by atoms with van der Waals surface area (Å²) in [6, 6.07) is 10.3. The molecule has 1 aromatic carbocycles. The molecule has 0 saturated carbocycles. The second-order valence-electron chi connectivity index (χ2n) is 4.77. The molecule has 0 spiro atoms. The third kappa shape index (κ3) is 3.64. The Kier molecular flexibility index (Phi) is 5.26. The number of likely N-dealkylation sites (N-methyl/N-ethyl adjacent to an activating group) is 1. The Balaban J connectivity index is 2.20. The Morgan fingerprint density at radius 2 is 2.10 bits per heavy atom. The van der Waals surface area contributed by atoms with Gasteiger partial charge in [-0.25, -0.2) is 0 Å². The van der Waals surface area contributed by atoms with Crippen molar-refractivity contribution in [3.05, 3.63) is 40.6 Å². The minimum Gasteiger partial charge on any atom is -0.497 e. The maximum absolute atomic E-state index is 5.94. The Morgan fingerprint density at radius 3 is 2.80 bits per heavy atom. The van der Waals surface area contributed by atoms with Gasteiger partial charge in [0, 0.05) is 22.5 Å². The van der Waals surface area contributed by atoms with E-state index in [1.807, 2.05) is 30.3 Å². The van der Waals surface area contributed by atoms with Crippen molar-refractivity contribution in [3.63, 3.8) is 0 Å². The van der Waals surface area contributed by atoms with Gasteiger partial charge in [0.15, 0.2) is 0 Å². The van der Waals surface area contributed by atoms with Crippen molar-refractivity contribution in [1.29, 1.82) is 0 Å². The van der Waals surface area contributed by atoms with Crippen molar-refractivity contribution < 1.29 is 9.15 Å². The molecule has 4 heteroatoms. The van der Waals surface area contributed by atoms with Crippen LogP contribution in [0.2, 0.25) is 0 Å². The summed E-state index contributed by atoms with van der Waals surface area (Å²) in [5, 5.41) is 3.38. The minimum atomic E-state index is 0.410. The Labute approximate surface area is 128 Å². The van der Waals surface area contributed by atoms with E-state index >= 15 is 0 Å². The summed E-state index contributed by atoms with van der Waals surface area (Å²) in [7, 11) is 1.67. The highest BCUT2D eigenvalue weighted by atomic mass is 79.9. The van der Waals surface area contributed by atoms with Gasteiger partial charge in [0.25, 0.3) is 0 Å². The Morgan fingerprint density at radius 1 is 1.30 bits per heavy atom. The first-order valence-electron chi connectivity index (χ1n) is 6.80. The fourth-order valence-corrected chi connectivity index (χ4v) is 2.62. The Hall–Kier alpha value is -1.26. The number of furan rings is 1. The molecule has 1 aromatic heterocycles. The summed E-state index contributed by atoms with van der Waals surface area (Å²) in [4.78, 5) is 0. The first-order chi connectivity index (χ1) is 9.63. The van der Waals surface area contributed by atoms with Gasteiger partial charge in [-0.1, -0.05) is 22.9 Å². The molecule has 3 nitrogen and oxygen atoms in total. The predicted octanol–water partition coefficient (Wildman–Crippen LogP) is 4.26. The molecule has 0 aliphatic rings. The average Bonchev–Trinajstić information content (AvgIpc) is 2.88. The van der Waals surface area contributed by atoms with Gasteiger partial charge in [0.2, 0.25) is 0 Å². The van der Waals surface area contributed by atoms with E-state index in [0.717, 1.165) is 40.3 Å². The Bertz CT molecular complexity index is 565. The fourth-order valence-electron chi connectivity index (χ4n) is 2.17. The average molecular weight is 338 g/mol. The molecule has 108 valence electrons. The molecule has 1 unspecified atom stereocenters. The molecule has 20 heavy (non-hydrogen) atoms. The van der Waals surface area contributed by atoms with Crippen LogP contribution in [0, 0.1) is 0 Å². The van der Waals surface area contributed by atoms with Crippen LogP contribution in [0.15, 0.2) is 39.2 Å².